The summed E-state index contributed by atoms with van der Waals surface area (Å²) in [7, 11) is 0. The summed E-state index contributed by atoms with van der Waals surface area (Å²) < 4.78 is 3.25. The highest BCUT2D eigenvalue weighted by atomic mass is 79.9. The van der Waals surface area contributed by atoms with Gasteiger partial charge in [-0.3, -0.25) is 9.59 Å². The van der Waals surface area contributed by atoms with E-state index in [9.17, 15) is 9.59 Å². The van der Waals surface area contributed by atoms with Crippen LogP contribution in [0, 0.1) is 5.41 Å². The molecule has 1 saturated heterocycles. The second-order valence-corrected chi connectivity index (χ2v) is 13.9. The van der Waals surface area contributed by atoms with Gasteiger partial charge in [0, 0.05) is 60.7 Å². The van der Waals surface area contributed by atoms with Crippen LogP contribution in [0.2, 0.25) is 0 Å². The summed E-state index contributed by atoms with van der Waals surface area (Å²) in [4.78, 5) is 34.4. The van der Waals surface area contributed by atoms with Crippen LogP contribution in [0.3, 0.4) is 0 Å². The first-order valence-corrected chi connectivity index (χ1v) is 15.9. The Balaban J connectivity index is 1.19. The minimum absolute atomic E-state index is 0.0345. The van der Waals surface area contributed by atoms with Crippen molar-refractivity contribution in [1.82, 2.24) is 29.5 Å². The van der Waals surface area contributed by atoms with Gasteiger partial charge in [-0.15, -0.1) is 10.2 Å². The van der Waals surface area contributed by atoms with Gasteiger partial charge in [0.25, 0.3) is 0 Å². The van der Waals surface area contributed by atoms with Crippen molar-refractivity contribution in [1.29, 1.82) is 0 Å². The zero-order valence-corrected chi connectivity index (χ0v) is 26.5. The second-order valence-electron chi connectivity index (χ2n) is 12.0. The first-order valence-electron chi connectivity index (χ1n) is 14.2. The number of para-hydroxylation sites is 1. The number of nitrogens with zero attached hydrogens (tertiary/aromatic N) is 6. The Hall–Kier alpha value is -2.98. The van der Waals surface area contributed by atoms with Crippen LogP contribution in [0.1, 0.15) is 52.5 Å². The van der Waals surface area contributed by atoms with E-state index in [-0.39, 0.29) is 23.3 Å². The molecule has 1 aliphatic rings. The first kappa shape index (κ1) is 29.5. The summed E-state index contributed by atoms with van der Waals surface area (Å²) >= 11 is 5.05. The number of halogens is 1. The maximum Gasteiger partial charge on any atom is 0.223 e. The minimum atomic E-state index is -0.0404. The number of hydrogen-bond acceptors (Lipinski definition) is 6. The molecule has 0 N–H and O–H groups in total. The number of carbonyl (C=O) groups is 2. The van der Waals surface area contributed by atoms with Crippen LogP contribution in [0.15, 0.2) is 58.2 Å². The zero-order valence-electron chi connectivity index (χ0n) is 24.1. The molecule has 5 rings (SSSR count). The highest BCUT2D eigenvalue weighted by molar-refractivity contribution is 9.10. The molecular formula is C31H37BrN6O2S. The van der Waals surface area contributed by atoms with E-state index in [0.29, 0.717) is 44.2 Å². The molecule has 4 aromatic rings. The molecule has 8 nitrogen and oxygen atoms in total. The average molecular weight is 638 g/mol. The van der Waals surface area contributed by atoms with Crippen LogP contribution in [-0.4, -0.2) is 72.8 Å². The number of amides is 2. The Bertz CT molecular complexity index is 1550. The fraction of sp³-hybridized carbons (Fsp3) is 0.452. The lowest BCUT2D eigenvalue weighted by atomic mass is 9.91. The molecule has 216 valence electrons. The van der Waals surface area contributed by atoms with Crippen molar-refractivity contribution in [2.24, 2.45) is 5.41 Å². The van der Waals surface area contributed by atoms with Crippen molar-refractivity contribution in [2.45, 2.75) is 64.7 Å². The highest BCUT2D eigenvalue weighted by Crippen LogP contribution is 2.29. The third-order valence-corrected chi connectivity index (χ3v) is 8.81. The quantitative estimate of drug-likeness (QED) is 0.170. The molecule has 0 saturated carbocycles. The van der Waals surface area contributed by atoms with Crippen molar-refractivity contribution in [3.8, 4) is 0 Å². The normalized spacial score (nSPS) is 16.1. The second kappa shape index (κ2) is 12.5. The molecule has 3 heterocycles. The van der Waals surface area contributed by atoms with Gasteiger partial charge in [-0.1, -0.05) is 78.8 Å². The fourth-order valence-corrected chi connectivity index (χ4v) is 6.32. The first-order chi connectivity index (χ1) is 19.6. The van der Waals surface area contributed by atoms with Crippen molar-refractivity contribution >= 4 is 61.6 Å². The SMILES string of the molecule is CC1CN(C(=O)CCCSc2nnc3c4ccccc4n(Cc4ccc(Br)cc4)c3n2)CCN1C(=O)CC(C)(C)C. The molecule has 1 atom stereocenters. The van der Waals surface area contributed by atoms with E-state index in [0.717, 1.165) is 38.7 Å². The Morgan fingerprint density at radius 2 is 1.78 bits per heavy atom. The maximum absolute atomic E-state index is 12.9. The van der Waals surface area contributed by atoms with Gasteiger partial charge in [0.15, 0.2) is 5.65 Å². The van der Waals surface area contributed by atoms with Gasteiger partial charge < -0.3 is 14.4 Å². The van der Waals surface area contributed by atoms with Crippen LogP contribution in [0.4, 0.5) is 0 Å². The lowest BCUT2D eigenvalue weighted by molar-refractivity contribution is -0.143. The number of rotatable bonds is 8. The van der Waals surface area contributed by atoms with Gasteiger partial charge in [0.2, 0.25) is 17.0 Å². The van der Waals surface area contributed by atoms with Gasteiger partial charge >= 0.3 is 0 Å². The fourth-order valence-electron chi connectivity index (χ4n) is 5.34. The lowest BCUT2D eigenvalue weighted by Crippen LogP contribution is -2.55. The molecule has 1 unspecified atom stereocenters. The average Bonchev–Trinajstić information content (AvgIpc) is 3.24. The Kier molecular flexibility index (Phi) is 8.99. The Morgan fingerprint density at radius 1 is 1.02 bits per heavy atom. The molecule has 0 radical (unpaired) electrons. The van der Waals surface area contributed by atoms with Crippen LogP contribution in [0.25, 0.3) is 22.1 Å². The maximum atomic E-state index is 12.9. The van der Waals surface area contributed by atoms with Crippen molar-refractivity contribution in [3.05, 3.63) is 58.6 Å². The van der Waals surface area contributed by atoms with Crippen molar-refractivity contribution in [3.63, 3.8) is 0 Å². The van der Waals surface area contributed by atoms with Crippen molar-refractivity contribution in [2.75, 3.05) is 25.4 Å². The molecule has 1 aliphatic heterocycles. The largest absolute Gasteiger partial charge is 0.339 e. The molecule has 41 heavy (non-hydrogen) atoms. The molecule has 0 spiro atoms. The van der Waals surface area contributed by atoms with Crippen LogP contribution >= 0.6 is 27.7 Å². The summed E-state index contributed by atoms with van der Waals surface area (Å²) in [5.41, 5.74) is 3.83. The van der Waals surface area contributed by atoms with Crippen molar-refractivity contribution < 1.29 is 9.59 Å². The number of aromatic nitrogens is 4. The molecule has 2 amide bonds. The van der Waals surface area contributed by atoms with Crippen LogP contribution in [-0.2, 0) is 16.1 Å². The molecule has 1 fully saturated rings. The van der Waals surface area contributed by atoms with Crippen LogP contribution < -0.4 is 0 Å². The topological polar surface area (TPSA) is 84.2 Å². The van der Waals surface area contributed by atoms with E-state index < -0.39 is 0 Å². The number of hydrogen-bond donors (Lipinski definition) is 0. The molecule has 2 aromatic carbocycles. The highest BCUT2D eigenvalue weighted by Gasteiger charge is 2.31. The molecular weight excluding hydrogens is 600 g/mol. The predicted molar refractivity (Wildman–Crippen MR) is 168 cm³/mol. The summed E-state index contributed by atoms with van der Waals surface area (Å²) in [5.74, 6) is 1.05. The number of fused-ring (bicyclic) bond motifs is 3. The van der Waals surface area contributed by atoms with Crippen LogP contribution in [0.5, 0.6) is 0 Å². The van der Waals surface area contributed by atoms with E-state index in [1.807, 2.05) is 41.0 Å². The van der Waals surface area contributed by atoms with Gasteiger partial charge in [-0.25, -0.2) is 4.98 Å². The Labute approximate surface area is 254 Å². The summed E-state index contributed by atoms with van der Waals surface area (Å²) in [6, 6.07) is 16.5. The van der Waals surface area contributed by atoms with E-state index >= 15 is 0 Å². The molecule has 2 aromatic heterocycles. The van der Waals surface area contributed by atoms with E-state index in [1.165, 1.54) is 17.3 Å². The van der Waals surface area contributed by atoms with E-state index in [1.54, 1.807) is 0 Å². The third-order valence-electron chi connectivity index (χ3n) is 7.36. The zero-order chi connectivity index (χ0) is 29.1. The molecule has 0 bridgehead atoms. The van der Waals surface area contributed by atoms with E-state index in [4.69, 9.17) is 4.98 Å². The van der Waals surface area contributed by atoms with Gasteiger partial charge in [0.05, 0.1) is 5.52 Å². The van der Waals surface area contributed by atoms with E-state index in [2.05, 4.69) is 75.7 Å². The lowest BCUT2D eigenvalue weighted by Gasteiger charge is -2.41. The van der Waals surface area contributed by atoms with Gasteiger partial charge in [0.1, 0.15) is 5.52 Å². The summed E-state index contributed by atoms with van der Waals surface area (Å²) in [5, 5.41) is 10.6. The summed E-state index contributed by atoms with van der Waals surface area (Å²) in [6.45, 7) is 10.7. The van der Waals surface area contributed by atoms with Gasteiger partial charge in [-0.05, 0) is 42.5 Å². The number of benzene rings is 2. The smallest absolute Gasteiger partial charge is 0.223 e. The standard InChI is InChI=1S/C31H37BrN6O2S/c1-21-19-36(15-16-37(21)27(40)18-31(2,3)4)26(39)10-7-17-41-30-33-29-28(34-35-30)24-8-5-6-9-25(24)38(29)20-22-11-13-23(32)14-12-22/h5-6,8-9,11-14,21H,7,10,15-20H2,1-4H3. The van der Waals surface area contributed by atoms with Gasteiger partial charge in [-0.2, -0.15) is 0 Å². The summed E-state index contributed by atoms with van der Waals surface area (Å²) in [6.07, 6.45) is 1.72. The monoisotopic (exact) mass is 636 g/mol. The number of piperazine rings is 1. The minimum Gasteiger partial charge on any atom is -0.339 e. The molecule has 10 heteroatoms. The number of carbonyl (C=O) groups excluding carboxylic acids is 2. The predicted octanol–water partition coefficient (Wildman–Crippen LogP) is 6.16. The Morgan fingerprint density at radius 3 is 2.51 bits per heavy atom. The molecule has 0 aliphatic carbocycles. The third kappa shape index (κ3) is 7.09. The number of thioether (sulfide) groups is 1.